The van der Waals surface area contributed by atoms with Crippen LogP contribution in [0.4, 0.5) is 5.69 Å². The maximum Gasteiger partial charge on any atom is 0.0925 e. The highest BCUT2D eigenvalue weighted by Crippen LogP contribution is 2.36. The van der Waals surface area contributed by atoms with Crippen LogP contribution in [0.15, 0.2) is 149 Å². The molecule has 3 heterocycles. The zero-order valence-corrected chi connectivity index (χ0v) is 31.4. The molecule has 2 N–H and O–H groups in total. The van der Waals surface area contributed by atoms with Crippen molar-refractivity contribution < 1.29 is 0 Å². The van der Waals surface area contributed by atoms with Gasteiger partial charge in [-0.05, 0) is 115 Å². The van der Waals surface area contributed by atoms with Gasteiger partial charge in [0.15, 0.2) is 0 Å². The molecule has 1 aliphatic carbocycles. The summed E-state index contributed by atoms with van der Waals surface area (Å²) in [6.45, 7) is 13.9. The van der Waals surface area contributed by atoms with E-state index in [1.807, 2.05) is 64.3 Å². The van der Waals surface area contributed by atoms with Crippen molar-refractivity contribution in [2.24, 2.45) is 15.7 Å². The molecule has 0 fully saturated rings. The summed E-state index contributed by atoms with van der Waals surface area (Å²) in [7, 11) is 0. The molecule has 5 heteroatoms. The number of allylic oxidation sites excluding steroid dienone is 9. The Kier molecular flexibility index (Phi) is 11.7. The lowest BCUT2D eigenvalue weighted by Gasteiger charge is -2.14. The average molecular weight is 694 g/mol. The van der Waals surface area contributed by atoms with Crippen molar-refractivity contribution in [3.63, 3.8) is 0 Å². The van der Waals surface area contributed by atoms with Gasteiger partial charge in [-0.3, -0.25) is 9.98 Å². The predicted octanol–water partition coefficient (Wildman–Crippen LogP) is 12.2. The molecule has 5 nitrogen and oxygen atoms in total. The number of rotatable bonds is 8. The number of hydrogen-bond donors (Lipinski definition) is 1. The first-order valence-corrected chi connectivity index (χ1v) is 18.4. The average Bonchev–Trinajstić information content (AvgIpc) is 3.22. The fourth-order valence-electron chi connectivity index (χ4n) is 6.56. The summed E-state index contributed by atoms with van der Waals surface area (Å²) in [6.07, 6.45) is 19.2. The van der Waals surface area contributed by atoms with E-state index >= 15 is 0 Å². The molecule has 0 amide bonds. The zero-order valence-electron chi connectivity index (χ0n) is 31.4. The van der Waals surface area contributed by atoms with E-state index in [0.717, 1.165) is 97.6 Å². The van der Waals surface area contributed by atoms with Crippen molar-refractivity contribution in [1.29, 1.82) is 0 Å². The third kappa shape index (κ3) is 8.15. The SMILES string of the molecule is C=C/C(C)=C(\N=CC)c1nc(-c2cccc(/C(N)=C/C=C3/C=C(c4ccc5nc(-c6cccc7c6N=CCC7)ccc5c4)C=CC3)c2)ccc1C.CC. The standard InChI is InChI=1S/C46H41N5.C2H6/c1-5-30(3)44(48-6-2)45-31(4)18-23-42(51-45)37-15-8-14-36(29-37)40(47)22-19-32-11-7-13-34(27-32)35-20-24-41-38(28-35)21-25-43(50-41)39-17-9-12-33-16-10-26-49-46(33)39;1-2/h5-9,12-15,17-29H,1,10-11,16,47H2,2-4H3;1-2H3/b32-19+,40-22-,44-30-,48-6?;. The van der Waals surface area contributed by atoms with Crippen molar-refractivity contribution >= 4 is 46.0 Å². The molecule has 0 spiro atoms. The number of aromatic nitrogens is 2. The number of aliphatic imine (C=N–C) groups is 2. The Morgan fingerprint density at radius 1 is 0.906 bits per heavy atom. The third-order valence-corrected chi connectivity index (χ3v) is 9.40. The molecule has 264 valence electrons. The molecule has 0 unspecified atom stereocenters. The lowest BCUT2D eigenvalue weighted by atomic mass is 9.94. The molecular weight excluding hydrogens is 647 g/mol. The van der Waals surface area contributed by atoms with Crippen molar-refractivity contribution in [3.05, 3.63) is 167 Å². The van der Waals surface area contributed by atoms with E-state index in [1.54, 1.807) is 6.21 Å². The van der Waals surface area contributed by atoms with Crippen LogP contribution in [-0.2, 0) is 6.42 Å². The largest absolute Gasteiger partial charge is 0.398 e. The van der Waals surface area contributed by atoms with Crippen LogP contribution in [0.25, 0.3) is 50.4 Å². The van der Waals surface area contributed by atoms with Crippen molar-refractivity contribution in [2.75, 3.05) is 0 Å². The van der Waals surface area contributed by atoms with Gasteiger partial charge in [-0.1, -0.05) is 105 Å². The van der Waals surface area contributed by atoms with Crippen LogP contribution in [-0.4, -0.2) is 22.4 Å². The number of fused-ring (bicyclic) bond motifs is 2. The first kappa shape index (κ1) is 36.6. The topological polar surface area (TPSA) is 76.5 Å². The molecule has 53 heavy (non-hydrogen) atoms. The van der Waals surface area contributed by atoms with Gasteiger partial charge in [-0.15, -0.1) is 0 Å². The van der Waals surface area contributed by atoms with Gasteiger partial charge in [0.2, 0.25) is 0 Å². The van der Waals surface area contributed by atoms with Crippen LogP contribution in [0.2, 0.25) is 0 Å². The Labute approximate surface area is 314 Å². The van der Waals surface area contributed by atoms with Crippen molar-refractivity contribution in [2.45, 2.75) is 53.9 Å². The van der Waals surface area contributed by atoms with Crippen LogP contribution < -0.4 is 5.73 Å². The molecule has 2 aromatic heterocycles. The molecule has 0 saturated heterocycles. The number of benzene rings is 3. The summed E-state index contributed by atoms with van der Waals surface area (Å²) in [5.74, 6) is 0. The van der Waals surface area contributed by atoms with Crippen molar-refractivity contribution in [1.82, 2.24) is 9.97 Å². The number of para-hydroxylation sites is 1. The maximum atomic E-state index is 6.66. The first-order valence-electron chi connectivity index (χ1n) is 18.4. The third-order valence-electron chi connectivity index (χ3n) is 9.40. The summed E-state index contributed by atoms with van der Waals surface area (Å²) >= 11 is 0. The zero-order chi connectivity index (χ0) is 37.3. The smallest absolute Gasteiger partial charge is 0.0925 e. The molecule has 0 bridgehead atoms. The van der Waals surface area contributed by atoms with E-state index in [9.17, 15) is 0 Å². The van der Waals surface area contributed by atoms with E-state index < -0.39 is 0 Å². The Morgan fingerprint density at radius 3 is 2.57 bits per heavy atom. The van der Waals surface area contributed by atoms with E-state index in [0.29, 0.717) is 5.70 Å². The predicted molar refractivity (Wildman–Crippen MR) is 228 cm³/mol. The summed E-state index contributed by atoms with van der Waals surface area (Å²) in [4.78, 5) is 19.4. The van der Waals surface area contributed by atoms with Gasteiger partial charge < -0.3 is 5.73 Å². The van der Waals surface area contributed by atoms with Gasteiger partial charge in [0.25, 0.3) is 0 Å². The van der Waals surface area contributed by atoms with Gasteiger partial charge >= 0.3 is 0 Å². The van der Waals surface area contributed by atoms with Crippen LogP contribution in [0.3, 0.4) is 0 Å². The summed E-state index contributed by atoms with van der Waals surface area (Å²) in [6, 6.07) is 29.5. The molecular formula is C48H47N5. The number of hydrogen-bond acceptors (Lipinski definition) is 5. The van der Waals surface area contributed by atoms with E-state index in [4.69, 9.17) is 20.7 Å². The molecule has 5 aromatic rings. The van der Waals surface area contributed by atoms with Crippen LogP contribution in [0, 0.1) is 6.92 Å². The Hall–Kier alpha value is -6.20. The molecule has 2 aliphatic rings. The van der Waals surface area contributed by atoms with Gasteiger partial charge in [0.1, 0.15) is 0 Å². The highest BCUT2D eigenvalue weighted by molar-refractivity contribution is 5.90. The first-order chi connectivity index (χ1) is 25.9. The van der Waals surface area contributed by atoms with E-state index in [1.165, 1.54) is 11.1 Å². The van der Waals surface area contributed by atoms with Gasteiger partial charge in [0.05, 0.1) is 34.0 Å². The lowest BCUT2D eigenvalue weighted by molar-refractivity contribution is 1.03. The monoisotopic (exact) mass is 693 g/mol. The van der Waals surface area contributed by atoms with Gasteiger partial charge in [0, 0.05) is 34.6 Å². The quantitative estimate of drug-likeness (QED) is 0.130. The number of aryl methyl sites for hydroxylation is 2. The van der Waals surface area contributed by atoms with Crippen LogP contribution in [0.1, 0.15) is 68.5 Å². The lowest BCUT2D eigenvalue weighted by Crippen LogP contribution is -1.99. The molecule has 0 atom stereocenters. The molecule has 7 rings (SSSR count). The van der Waals surface area contributed by atoms with Crippen LogP contribution >= 0.6 is 0 Å². The minimum absolute atomic E-state index is 0.692. The minimum Gasteiger partial charge on any atom is -0.398 e. The second kappa shape index (κ2) is 16.9. The molecule has 0 radical (unpaired) electrons. The van der Waals surface area contributed by atoms with Crippen LogP contribution in [0.5, 0.6) is 0 Å². The second-order valence-corrected chi connectivity index (χ2v) is 12.9. The van der Waals surface area contributed by atoms with Gasteiger partial charge in [-0.25, -0.2) is 9.97 Å². The maximum absolute atomic E-state index is 6.66. The Bertz CT molecular complexity index is 2400. The van der Waals surface area contributed by atoms with Gasteiger partial charge in [-0.2, -0.15) is 0 Å². The molecule has 3 aromatic carbocycles. The van der Waals surface area contributed by atoms with Crippen molar-refractivity contribution in [3.8, 4) is 22.5 Å². The summed E-state index contributed by atoms with van der Waals surface area (Å²) < 4.78 is 0. The molecule has 0 saturated carbocycles. The Morgan fingerprint density at radius 2 is 1.74 bits per heavy atom. The summed E-state index contributed by atoms with van der Waals surface area (Å²) in [5.41, 5.74) is 22.7. The Balaban J connectivity index is 0.00000236. The highest BCUT2D eigenvalue weighted by atomic mass is 14.8. The second-order valence-electron chi connectivity index (χ2n) is 12.9. The van der Waals surface area contributed by atoms with E-state index in [-0.39, 0.29) is 0 Å². The highest BCUT2D eigenvalue weighted by Gasteiger charge is 2.15. The van der Waals surface area contributed by atoms with E-state index in [2.05, 4.69) is 110 Å². The number of nitrogens with zero attached hydrogens (tertiary/aromatic N) is 4. The fourth-order valence-corrected chi connectivity index (χ4v) is 6.56. The minimum atomic E-state index is 0.692. The summed E-state index contributed by atoms with van der Waals surface area (Å²) in [5, 5.41) is 1.11. The normalized spacial score (nSPS) is 15.2. The fraction of sp³-hybridized carbons (Fsp3) is 0.167. The number of nitrogens with two attached hydrogens (primary N) is 1. The molecule has 1 aliphatic heterocycles. The number of pyridine rings is 2.